The topological polar surface area (TPSA) is 51.8 Å². The van der Waals surface area contributed by atoms with E-state index >= 15 is 0 Å². The Bertz CT molecular complexity index is 588. The number of halogens is 1. The van der Waals surface area contributed by atoms with Gasteiger partial charge in [-0.25, -0.2) is 9.97 Å². The van der Waals surface area contributed by atoms with Crippen LogP contribution in [0.2, 0.25) is 0 Å². The van der Waals surface area contributed by atoms with E-state index in [2.05, 4.69) is 41.4 Å². The Labute approximate surface area is 128 Å². The van der Waals surface area contributed by atoms with Crippen molar-refractivity contribution in [1.82, 2.24) is 9.97 Å². The van der Waals surface area contributed by atoms with Crippen molar-refractivity contribution in [2.24, 2.45) is 11.1 Å². The lowest BCUT2D eigenvalue weighted by atomic mass is 9.77. The summed E-state index contributed by atoms with van der Waals surface area (Å²) >= 11 is 5.70. The van der Waals surface area contributed by atoms with E-state index in [1.807, 2.05) is 6.20 Å². The van der Waals surface area contributed by atoms with Gasteiger partial charge in [-0.2, -0.15) is 0 Å². The fraction of sp³-hybridized carbons (Fsp3) is 0.500. The number of aromatic nitrogens is 2. The molecule has 2 heterocycles. The van der Waals surface area contributed by atoms with Crippen LogP contribution in [0, 0.1) is 8.30 Å². The van der Waals surface area contributed by atoms with E-state index < -0.39 is 0 Å². The Morgan fingerprint density at radius 2 is 2.17 bits per heavy atom. The van der Waals surface area contributed by atoms with Crippen molar-refractivity contribution in [2.75, 3.05) is 0 Å². The minimum absolute atomic E-state index is 0.133. The van der Waals surface area contributed by atoms with E-state index in [0.717, 1.165) is 22.9 Å². The van der Waals surface area contributed by atoms with E-state index in [0.29, 0.717) is 0 Å². The Kier molecular flexibility index (Phi) is 3.24. The smallest absolute Gasteiger partial charge is 0.153 e. The third kappa shape index (κ3) is 2.35. The first-order valence-electron chi connectivity index (χ1n) is 5.81. The summed E-state index contributed by atoms with van der Waals surface area (Å²) < 4.78 is 1.19. The largest absolute Gasteiger partial charge is 0.323 e. The van der Waals surface area contributed by atoms with Gasteiger partial charge in [0.05, 0.1) is 14.8 Å². The molecule has 0 aromatic carbocycles. The molecule has 2 aromatic heterocycles. The average Bonchev–Trinajstić information content (AvgIpc) is 2.82. The van der Waals surface area contributed by atoms with Crippen LogP contribution in [0.4, 0.5) is 0 Å². The Morgan fingerprint density at radius 3 is 2.83 bits per heavy atom. The van der Waals surface area contributed by atoms with Gasteiger partial charge in [-0.3, -0.25) is 0 Å². The first-order valence-corrected chi connectivity index (χ1v) is 8.53. The van der Waals surface area contributed by atoms with Gasteiger partial charge in [0.2, 0.25) is 0 Å². The highest BCUT2D eigenvalue weighted by Crippen LogP contribution is 2.44. The summed E-state index contributed by atoms with van der Waals surface area (Å²) in [5, 5.41) is 2.05. The van der Waals surface area contributed by atoms with Crippen LogP contribution in [0.25, 0.3) is 10.0 Å². The molecule has 0 spiro atoms. The molecule has 18 heavy (non-hydrogen) atoms. The highest BCUT2D eigenvalue weighted by atomic mass is 127. The molecular formula is C12H14IN3S2. The van der Waals surface area contributed by atoms with Crippen molar-refractivity contribution in [3.8, 4) is 10.0 Å². The molecule has 1 atom stereocenters. The SMILES string of the molecule is CC1(C)Cc2nc(-c3ncc(I)s3)sc2C(N)C1. The van der Waals surface area contributed by atoms with E-state index in [9.17, 15) is 0 Å². The number of hydrogen-bond donors (Lipinski definition) is 1. The monoisotopic (exact) mass is 391 g/mol. The van der Waals surface area contributed by atoms with Gasteiger partial charge in [-0.1, -0.05) is 13.8 Å². The van der Waals surface area contributed by atoms with Gasteiger partial charge < -0.3 is 5.73 Å². The molecule has 3 nitrogen and oxygen atoms in total. The number of rotatable bonds is 1. The first-order chi connectivity index (χ1) is 8.44. The molecule has 0 aliphatic heterocycles. The Balaban J connectivity index is 2.02. The fourth-order valence-corrected chi connectivity index (χ4v) is 4.96. The van der Waals surface area contributed by atoms with Crippen molar-refractivity contribution in [2.45, 2.75) is 32.7 Å². The summed E-state index contributed by atoms with van der Waals surface area (Å²) in [5.74, 6) is 0. The maximum atomic E-state index is 6.27. The number of hydrogen-bond acceptors (Lipinski definition) is 5. The van der Waals surface area contributed by atoms with Gasteiger partial charge in [0, 0.05) is 10.9 Å². The van der Waals surface area contributed by atoms with Crippen molar-refractivity contribution in [3.05, 3.63) is 19.7 Å². The van der Waals surface area contributed by atoms with Crippen molar-refractivity contribution >= 4 is 45.3 Å². The number of nitrogens with two attached hydrogens (primary N) is 1. The second-order valence-electron chi connectivity index (χ2n) is 5.45. The summed E-state index contributed by atoms with van der Waals surface area (Å²) in [6.07, 6.45) is 3.96. The standard InChI is InChI=1S/C12H14IN3S2/c1-12(2)3-6(14)9-7(4-12)16-11(18-9)10-15-5-8(13)17-10/h5-6H,3-4,14H2,1-2H3. The lowest BCUT2D eigenvalue weighted by Gasteiger charge is -2.32. The molecule has 0 radical (unpaired) electrons. The van der Waals surface area contributed by atoms with Gasteiger partial charge in [0.25, 0.3) is 0 Å². The van der Waals surface area contributed by atoms with Crippen LogP contribution in [0.15, 0.2) is 6.20 Å². The Morgan fingerprint density at radius 1 is 1.39 bits per heavy atom. The molecule has 0 bridgehead atoms. The summed E-state index contributed by atoms with van der Waals surface area (Å²) in [4.78, 5) is 10.4. The van der Waals surface area contributed by atoms with Gasteiger partial charge in [0.1, 0.15) is 0 Å². The minimum atomic E-state index is 0.133. The van der Waals surface area contributed by atoms with Crippen LogP contribution in [0.3, 0.4) is 0 Å². The third-order valence-corrected chi connectivity index (χ3v) is 6.24. The summed E-state index contributed by atoms with van der Waals surface area (Å²) in [7, 11) is 0. The lowest BCUT2D eigenvalue weighted by molar-refractivity contribution is 0.282. The molecule has 6 heteroatoms. The molecule has 1 aliphatic carbocycles. The summed E-state index contributed by atoms with van der Waals surface area (Å²) in [5.41, 5.74) is 7.71. The predicted molar refractivity (Wildman–Crippen MR) is 85.0 cm³/mol. The highest BCUT2D eigenvalue weighted by molar-refractivity contribution is 14.1. The molecule has 0 saturated carbocycles. The summed E-state index contributed by atoms with van der Waals surface area (Å²) in [6.45, 7) is 4.53. The molecule has 3 rings (SSSR count). The molecule has 2 aromatic rings. The van der Waals surface area contributed by atoms with Crippen LogP contribution in [-0.2, 0) is 6.42 Å². The summed E-state index contributed by atoms with van der Waals surface area (Å²) in [6, 6.07) is 0.133. The molecule has 96 valence electrons. The second-order valence-corrected chi connectivity index (χ2v) is 9.41. The lowest BCUT2D eigenvalue weighted by Crippen LogP contribution is -2.28. The average molecular weight is 391 g/mol. The van der Waals surface area contributed by atoms with Gasteiger partial charge >= 0.3 is 0 Å². The maximum Gasteiger partial charge on any atom is 0.153 e. The first kappa shape index (κ1) is 13.0. The Hall–Kier alpha value is -0.0500. The zero-order valence-corrected chi connectivity index (χ0v) is 14.0. The third-order valence-electron chi connectivity index (χ3n) is 3.14. The van der Waals surface area contributed by atoms with Crippen LogP contribution >= 0.6 is 45.3 Å². The van der Waals surface area contributed by atoms with Crippen molar-refractivity contribution in [3.63, 3.8) is 0 Å². The van der Waals surface area contributed by atoms with E-state index in [-0.39, 0.29) is 11.5 Å². The van der Waals surface area contributed by atoms with Crippen LogP contribution < -0.4 is 5.73 Å². The molecule has 1 unspecified atom stereocenters. The molecular weight excluding hydrogens is 377 g/mol. The van der Waals surface area contributed by atoms with E-state index in [1.165, 1.54) is 13.5 Å². The number of fused-ring (bicyclic) bond motifs is 1. The molecule has 1 aliphatic rings. The van der Waals surface area contributed by atoms with Gasteiger partial charge in [0.15, 0.2) is 10.0 Å². The zero-order chi connectivity index (χ0) is 12.9. The number of thiazole rings is 2. The van der Waals surface area contributed by atoms with Crippen LogP contribution in [0.1, 0.15) is 36.9 Å². The molecule has 0 fully saturated rings. The van der Waals surface area contributed by atoms with Crippen LogP contribution in [-0.4, -0.2) is 9.97 Å². The molecule has 0 amide bonds. The highest BCUT2D eigenvalue weighted by Gasteiger charge is 2.33. The maximum absolute atomic E-state index is 6.27. The number of nitrogens with zero attached hydrogens (tertiary/aromatic N) is 2. The molecule has 0 saturated heterocycles. The predicted octanol–water partition coefficient (Wildman–Crippen LogP) is 3.84. The van der Waals surface area contributed by atoms with Gasteiger partial charge in [-0.05, 0) is 40.8 Å². The van der Waals surface area contributed by atoms with Gasteiger partial charge in [-0.15, -0.1) is 22.7 Å². The fourth-order valence-electron chi connectivity index (χ4n) is 2.44. The van der Waals surface area contributed by atoms with Crippen molar-refractivity contribution in [1.29, 1.82) is 0 Å². The minimum Gasteiger partial charge on any atom is -0.323 e. The van der Waals surface area contributed by atoms with E-state index in [4.69, 9.17) is 10.7 Å². The second kappa shape index (κ2) is 4.50. The normalized spacial score (nSPS) is 21.9. The quantitative estimate of drug-likeness (QED) is 0.752. The van der Waals surface area contributed by atoms with Crippen LogP contribution in [0.5, 0.6) is 0 Å². The molecule has 2 N–H and O–H groups in total. The van der Waals surface area contributed by atoms with Crippen molar-refractivity contribution < 1.29 is 0 Å². The van der Waals surface area contributed by atoms with E-state index in [1.54, 1.807) is 22.7 Å². The zero-order valence-electron chi connectivity index (χ0n) is 10.2.